The fourth-order valence-electron chi connectivity index (χ4n) is 4.96. The lowest BCUT2D eigenvalue weighted by Gasteiger charge is -2.07. The van der Waals surface area contributed by atoms with Crippen molar-refractivity contribution in [1.29, 1.82) is 0 Å². The number of fused-ring (bicyclic) bond motifs is 2. The van der Waals surface area contributed by atoms with Crippen LogP contribution in [-0.2, 0) is 19.3 Å². The number of rotatable bonds is 12. The number of aliphatic imine (C=N–C) groups is 1. The summed E-state index contributed by atoms with van der Waals surface area (Å²) in [5.74, 6) is 0. The summed E-state index contributed by atoms with van der Waals surface area (Å²) >= 11 is 0. The summed E-state index contributed by atoms with van der Waals surface area (Å²) in [5.41, 5.74) is 17.6. The van der Waals surface area contributed by atoms with Crippen molar-refractivity contribution in [1.82, 2.24) is 15.3 Å². The summed E-state index contributed by atoms with van der Waals surface area (Å²) < 4.78 is 0. The van der Waals surface area contributed by atoms with E-state index in [2.05, 4.69) is 70.8 Å². The highest BCUT2D eigenvalue weighted by molar-refractivity contribution is 5.95. The molecule has 2 heterocycles. The first-order valence-electron chi connectivity index (χ1n) is 13.5. The molecular weight excluding hydrogens is 466 g/mol. The third kappa shape index (κ3) is 6.48. The molecule has 0 aliphatic heterocycles. The van der Waals surface area contributed by atoms with Crippen molar-refractivity contribution in [3.05, 3.63) is 113 Å². The fourth-order valence-corrected chi connectivity index (χ4v) is 4.96. The Balaban J connectivity index is 1.48. The number of aromatic nitrogens is 2. The van der Waals surface area contributed by atoms with E-state index in [0.29, 0.717) is 0 Å². The molecule has 0 fully saturated rings. The van der Waals surface area contributed by atoms with Gasteiger partial charge in [0.15, 0.2) is 0 Å². The second-order valence-electron chi connectivity index (χ2n) is 9.68. The number of hydrogen-bond donors (Lipinski definition) is 3. The molecule has 3 aromatic rings. The molecule has 0 amide bonds. The van der Waals surface area contributed by atoms with Gasteiger partial charge in [-0.3, -0.25) is 9.98 Å². The van der Waals surface area contributed by atoms with Crippen molar-refractivity contribution in [3.63, 3.8) is 0 Å². The number of pyridine rings is 1. The first-order chi connectivity index (χ1) is 18.6. The lowest BCUT2D eigenvalue weighted by Crippen LogP contribution is -2.15. The molecule has 4 rings (SSSR count). The summed E-state index contributed by atoms with van der Waals surface area (Å²) in [7, 11) is 0. The lowest BCUT2D eigenvalue weighted by molar-refractivity contribution is 0.784. The molecule has 0 saturated heterocycles. The molecule has 2 aromatic heterocycles. The molecule has 1 aliphatic carbocycles. The van der Waals surface area contributed by atoms with Crippen LogP contribution in [0.4, 0.5) is 0 Å². The standard InChI is InChI=1S/C33H39N5/c1-5-23(20-36-7-3)17-24(6-2)32(35-4)16-14-28(34)13-15-29-19-30-31(21-37-22-33(30)38-29)27-12-11-25-9-8-10-26(25)18-27/h5-6,11-12,14,16-19,21-22,36,38H,1,4,7-10,13,15,20,34H2,2-3H3/b23-17+,24-6+,28-14+,32-16-. The van der Waals surface area contributed by atoms with E-state index in [1.165, 1.54) is 46.9 Å². The third-order valence-corrected chi connectivity index (χ3v) is 7.11. The van der Waals surface area contributed by atoms with E-state index < -0.39 is 0 Å². The highest BCUT2D eigenvalue weighted by atomic mass is 14.8. The molecule has 196 valence electrons. The van der Waals surface area contributed by atoms with Crippen molar-refractivity contribution in [3.8, 4) is 11.1 Å². The summed E-state index contributed by atoms with van der Waals surface area (Å²) in [5, 5.41) is 4.53. The number of hydrogen-bond acceptors (Lipinski definition) is 4. The highest BCUT2D eigenvalue weighted by Crippen LogP contribution is 2.32. The second kappa shape index (κ2) is 13.0. The number of allylic oxidation sites excluding steroid dienone is 5. The molecule has 4 N–H and O–H groups in total. The number of nitrogens with one attached hydrogen (secondary N) is 2. The van der Waals surface area contributed by atoms with E-state index in [-0.39, 0.29) is 0 Å². The van der Waals surface area contributed by atoms with Crippen LogP contribution in [0.15, 0.2) is 101 Å². The predicted octanol–water partition coefficient (Wildman–Crippen LogP) is 6.75. The van der Waals surface area contributed by atoms with Gasteiger partial charge in [-0.2, -0.15) is 0 Å². The van der Waals surface area contributed by atoms with E-state index in [0.717, 1.165) is 59.7 Å². The number of aryl methyl sites for hydroxylation is 3. The first-order valence-corrected chi connectivity index (χ1v) is 13.5. The molecule has 1 aliphatic rings. The molecule has 1 aromatic carbocycles. The Labute approximate surface area is 226 Å². The summed E-state index contributed by atoms with van der Waals surface area (Å²) in [6.07, 6.45) is 18.9. The van der Waals surface area contributed by atoms with Crippen molar-refractivity contribution in [2.24, 2.45) is 10.7 Å². The van der Waals surface area contributed by atoms with Gasteiger partial charge in [0.2, 0.25) is 0 Å². The molecular formula is C33H39N5. The minimum absolute atomic E-state index is 0.731. The van der Waals surface area contributed by atoms with Gasteiger partial charge >= 0.3 is 0 Å². The second-order valence-corrected chi connectivity index (χ2v) is 9.68. The Bertz CT molecular complexity index is 1430. The van der Waals surface area contributed by atoms with Gasteiger partial charge < -0.3 is 16.0 Å². The topological polar surface area (TPSA) is 79.1 Å². The van der Waals surface area contributed by atoms with E-state index in [1.54, 1.807) is 0 Å². The zero-order valence-electron chi connectivity index (χ0n) is 22.7. The normalized spacial score (nSPS) is 14.7. The summed E-state index contributed by atoms with van der Waals surface area (Å²) in [4.78, 5) is 12.3. The Morgan fingerprint density at radius 1 is 1.18 bits per heavy atom. The lowest BCUT2D eigenvalue weighted by atomic mass is 9.99. The zero-order valence-corrected chi connectivity index (χ0v) is 22.7. The van der Waals surface area contributed by atoms with Crippen molar-refractivity contribution < 1.29 is 0 Å². The van der Waals surface area contributed by atoms with Crippen molar-refractivity contribution >= 4 is 17.6 Å². The maximum atomic E-state index is 6.39. The van der Waals surface area contributed by atoms with E-state index in [9.17, 15) is 0 Å². The zero-order chi connectivity index (χ0) is 26.9. The molecule has 5 nitrogen and oxygen atoms in total. The van der Waals surface area contributed by atoms with Gasteiger partial charge in [-0.05, 0) is 104 Å². The van der Waals surface area contributed by atoms with Crippen LogP contribution in [-0.4, -0.2) is 29.8 Å². The van der Waals surface area contributed by atoms with Crippen LogP contribution >= 0.6 is 0 Å². The summed E-state index contributed by atoms with van der Waals surface area (Å²) in [6.45, 7) is 13.4. The molecule has 38 heavy (non-hydrogen) atoms. The molecule has 0 atom stereocenters. The van der Waals surface area contributed by atoms with Gasteiger partial charge in [0.05, 0.1) is 17.4 Å². The van der Waals surface area contributed by atoms with Gasteiger partial charge in [0.25, 0.3) is 0 Å². The average Bonchev–Trinajstić information content (AvgIpc) is 3.59. The molecule has 0 unspecified atom stereocenters. The Kier molecular flexibility index (Phi) is 9.28. The van der Waals surface area contributed by atoms with E-state index in [1.807, 2.05) is 43.6 Å². The molecule has 0 bridgehead atoms. The van der Waals surface area contributed by atoms with Crippen LogP contribution < -0.4 is 11.1 Å². The van der Waals surface area contributed by atoms with Crippen LogP contribution in [0.25, 0.3) is 22.0 Å². The number of likely N-dealkylation sites (N-methyl/N-ethyl adjacent to an activating group) is 1. The van der Waals surface area contributed by atoms with Crippen molar-refractivity contribution in [2.45, 2.75) is 46.0 Å². The average molecular weight is 506 g/mol. The van der Waals surface area contributed by atoms with Crippen LogP contribution in [0.1, 0.15) is 43.5 Å². The Morgan fingerprint density at radius 2 is 2.03 bits per heavy atom. The monoisotopic (exact) mass is 505 g/mol. The van der Waals surface area contributed by atoms with Gasteiger partial charge in [-0.15, -0.1) is 0 Å². The van der Waals surface area contributed by atoms with Crippen LogP contribution in [0.2, 0.25) is 0 Å². The number of H-pyrrole nitrogens is 1. The molecule has 0 radical (unpaired) electrons. The first kappa shape index (κ1) is 27.1. The number of benzene rings is 1. The SMILES string of the molecule is C=C\C(=C/C(=C\C)C(=C/C=C(/N)CCc1cc2c(-c3ccc4c(c3)CCC4)cncc2[nH]1)/N=C)CNCC. The minimum atomic E-state index is 0.731. The third-order valence-electron chi connectivity index (χ3n) is 7.11. The maximum absolute atomic E-state index is 6.39. The van der Waals surface area contributed by atoms with Crippen LogP contribution in [0.5, 0.6) is 0 Å². The van der Waals surface area contributed by atoms with Crippen molar-refractivity contribution in [2.75, 3.05) is 13.1 Å². The summed E-state index contributed by atoms with van der Waals surface area (Å²) in [6, 6.07) is 9.10. The van der Waals surface area contributed by atoms with E-state index in [4.69, 9.17) is 5.73 Å². The van der Waals surface area contributed by atoms with Gasteiger partial charge in [-0.1, -0.05) is 43.9 Å². The predicted molar refractivity (Wildman–Crippen MR) is 162 cm³/mol. The Hall–Kier alpha value is -3.96. The fraction of sp³-hybridized carbons (Fsp3) is 0.273. The Morgan fingerprint density at radius 3 is 2.79 bits per heavy atom. The largest absolute Gasteiger partial charge is 0.402 e. The minimum Gasteiger partial charge on any atom is -0.402 e. The smallest absolute Gasteiger partial charge is 0.0692 e. The van der Waals surface area contributed by atoms with Crippen LogP contribution in [0, 0.1) is 0 Å². The number of aromatic amines is 1. The highest BCUT2D eigenvalue weighted by Gasteiger charge is 2.14. The van der Waals surface area contributed by atoms with Gasteiger partial charge in [0.1, 0.15) is 0 Å². The number of nitrogens with zero attached hydrogens (tertiary/aromatic N) is 2. The van der Waals surface area contributed by atoms with E-state index >= 15 is 0 Å². The van der Waals surface area contributed by atoms with Crippen LogP contribution in [0.3, 0.4) is 0 Å². The van der Waals surface area contributed by atoms with Gasteiger partial charge in [0, 0.05) is 35.1 Å². The maximum Gasteiger partial charge on any atom is 0.0692 e. The molecule has 0 spiro atoms. The molecule has 0 saturated carbocycles. The quantitative estimate of drug-likeness (QED) is 0.188. The molecule has 5 heteroatoms. The number of nitrogens with two attached hydrogens (primary N) is 1. The van der Waals surface area contributed by atoms with Gasteiger partial charge in [-0.25, -0.2) is 0 Å².